The number of fused-ring (bicyclic) bond motifs is 1. The molecule has 0 saturated heterocycles. The maximum Gasteiger partial charge on any atom is 0.306 e. The van der Waals surface area contributed by atoms with Gasteiger partial charge in [-0.2, -0.15) is 0 Å². The van der Waals surface area contributed by atoms with Gasteiger partial charge in [-0.05, 0) is 49.1 Å². The highest BCUT2D eigenvalue weighted by Gasteiger charge is 2.11. The Morgan fingerprint density at radius 1 is 0.781 bits per heavy atom. The van der Waals surface area contributed by atoms with E-state index in [9.17, 15) is 19.2 Å². The molecule has 7 heteroatoms. The predicted molar refractivity (Wildman–Crippen MR) is 122 cm³/mol. The lowest BCUT2D eigenvalue weighted by Crippen LogP contribution is -2.21. The summed E-state index contributed by atoms with van der Waals surface area (Å²) in [5.74, 6) is -1.27. The van der Waals surface area contributed by atoms with Crippen LogP contribution in [0.1, 0.15) is 36.5 Å². The zero-order valence-corrected chi connectivity index (χ0v) is 17.7. The van der Waals surface area contributed by atoms with E-state index in [1.165, 1.54) is 6.92 Å². The highest BCUT2D eigenvalue weighted by atomic mass is 16.5. The summed E-state index contributed by atoms with van der Waals surface area (Å²) in [5.41, 5.74) is 1.79. The first kappa shape index (κ1) is 22.7. The predicted octanol–water partition coefficient (Wildman–Crippen LogP) is 4.33. The van der Waals surface area contributed by atoms with E-state index in [0.29, 0.717) is 23.4 Å². The van der Waals surface area contributed by atoms with Crippen LogP contribution in [0.4, 0.5) is 11.4 Å². The second-order valence-electron chi connectivity index (χ2n) is 7.27. The molecular weight excluding hydrogens is 408 g/mol. The summed E-state index contributed by atoms with van der Waals surface area (Å²) in [6.07, 6.45) is 0.450. The molecule has 7 nitrogen and oxygen atoms in total. The zero-order valence-electron chi connectivity index (χ0n) is 17.7. The average molecular weight is 432 g/mol. The fourth-order valence-electron chi connectivity index (χ4n) is 3.14. The molecule has 0 aliphatic carbocycles. The van der Waals surface area contributed by atoms with Crippen LogP contribution >= 0.6 is 0 Å². The number of esters is 1. The maximum absolute atomic E-state index is 12.1. The van der Waals surface area contributed by atoms with E-state index in [4.69, 9.17) is 4.74 Å². The standard InChI is InChI=1S/C25H24N2O5/c1-17(28)18-12-14-20(15-13-18)26-23(29)10-5-11-25(31)32-16-24(30)27-22-9-4-7-19-6-2-3-8-21(19)22/h2-4,6-9,12-15H,5,10-11,16H2,1H3,(H,26,29)(H,27,30). The number of ether oxygens (including phenoxy) is 1. The SMILES string of the molecule is CC(=O)c1ccc(NC(=O)CCCC(=O)OCC(=O)Nc2cccc3ccccc23)cc1. The molecule has 0 aliphatic rings. The monoisotopic (exact) mass is 432 g/mol. The lowest BCUT2D eigenvalue weighted by atomic mass is 10.1. The minimum absolute atomic E-state index is 0.0260. The Labute approximate surface area is 185 Å². The van der Waals surface area contributed by atoms with Crippen molar-refractivity contribution in [1.82, 2.24) is 0 Å². The number of ketones is 1. The van der Waals surface area contributed by atoms with Crippen molar-refractivity contribution in [3.8, 4) is 0 Å². The first-order valence-electron chi connectivity index (χ1n) is 10.3. The van der Waals surface area contributed by atoms with Gasteiger partial charge in [-0.15, -0.1) is 0 Å². The van der Waals surface area contributed by atoms with Gasteiger partial charge in [0.05, 0.1) is 0 Å². The van der Waals surface area contributed by atoms with Crippen LogP contribution in [-0.4, -0.2) is 30.2 Å². The molecule has 0 aromatic heterocycles. The Balaban J connectivity index is 1.37. The molecule has 2 amide bonds. The van der Waals surface area contributed by atoms with Gasteiger partial charge in [0.2, 0.25) is 5.91 Å². The Morgan fingerprint density at radius 3 is 2.25 bits per heavy atom. The topological polar surface area (TPSA) is 102 Å². The molecule has 3 aromatic rings. The number of carbonyl (C=O) groups is 4. The molecule has 2 N–H and O–H groups in total. The molecule has 0 bridgehead atoms. The van der Waals surface area contributed by atoms with Gasteiger partial charge in [-0.1, -0.05) is 36.4 Å². The van der Waals surface area contributed by atoms with Crippen LogP contribution in [0.2, 0.25) is 0 Å². The third-order valence-electron chi connectivity index (χ3n) is 4.79. The van der Waals surface area contributed by atoms with Crippen molar-refractivity contribution in [3.63, 3.8) is 0 Å². The van der Waals surface area contributed by atoms with Crippen LogP contribution in [-0.2, 0) is 19.1 Å². The minimum atomic E-state index is -0.545. The number of anilines is 2. The Kier molecular flexibility index (Phi) is 7.70. The Morgan fingerprint density at radius 2 is 1.50 bits per heavy atom. The molecule has 0 heterocycles. The van der Waals surface area contributed by atoms with Crippen molar-refractivity contribution in [2.45, 2.75) is 26.2 Å². The van der Waals surface area contributed by atoms with Crippen LogP contribution in [0.5, 0.6) is 0 Å². The summed E-state index contributed by atoms with van der Waals surface area (Å²) < 4.78 is 5.01. The largest absolute Gasteiger partial charge is 0.456 e. The van der Waals surface area contributed by atoms with Crippen LogP contribution in [0.25, 0.3) is 10.8 Å². The lowest BCUT2D eigenvalue weighted by molar-refractivity contribution is -0.147. The van der Waals surface area contributed by atoms with Crippen molar-refractivity contribution in [1.29, 1.82) is 0 Å². The summed E-state index contributed by atoms with van der Waals surface area (Å²) in [6.45, 7) is 1.08. The van der Waals surface area contributed by atoms with E-state index < -0.39 is 18.5 Å². The third kappa shape index (κ3) is 6.50. The van der Waals surface area contributed by atoms with Gasteiger partial charge < -0.3 is 15.4 Å². The Bertz CT molecular complexity index is 1130. The summed E-state index contributed by atoms with van der Waals surface area (Å²) in [6, 6.07) is 19.8. The van der Waals surface area contributed by atoms with Gasteiger partial charge in [-0.3, -0.25) is 19.2 Å². The first-order valence-corrected chi connectivity index (χ1v) is 10.3. The molecule has 0 unspecified atom stereocenters. The molecule has 0 fully saturated rings. The third-order valence-corrected chi connectivity index (χ3v) is 4.79. The minimum Gasteiger partial charge on any atom is -0.456 e. The van der Waals surface area contributed by atoms with Crippen molar-refractivity contribution in [2.24, 2.45) is 0 Å². The number of nitrogens with one attached hydrogen (secondary N) is 2. The molecular formula is C25H24N2O5. The highest BCUT2D eigenvalue weighted by Crippen LogP contribution is 2.22. The summed E-state index contributed by atoms with van der Waals surface area (Å²) in [5, 5.41) is 7.35. The second-order valence-corrected chi connectivity index (χ2v) is 7.27. The number of benzene rings is 3. The van der Waals surface area contributed by atoms with Gasteiger partial charge in [-0.25, -0.2) is 0 Å². The van der Waals surface area contributed by atoms with Gasteiger partial charge in [0, 0.05) is 35.2 Å². The average Bonchev–Trinajstić information content (AvgIpc) is 2.78. The molecule has 0 spiro atoms. The van der Waals surface area contributed by atoms with Gasteiger partial charge >= 0.3 is 5.97 Å². The van der Waals surface area contributed by atoms with Crippen LogP contribution in [0.3, 0.4) is 0 Å². The van der Waals surface area contributed by atoms with Crippen molar-refractivity contribution in [2.75, 3.05) is 17.2 Å². The molecule has 164 valence electrons. The fourth-order valence-corrected chi connectivity index (χ4v) is 3.14. The number of hydrogen-bond donors (Lipinski definition) is 2. The lowest BCUT2D eigenvalue weighted by Gasteiger charge is -2.09. The van der Waals surface area contributed by atoms with Gasteiger partial charge in [0.1, 0.15) is 0 Å². The maximum atomic E-state index is 12.1. The summed E-state index contributed by atoms with van der Waals surface area (Å²) in [4.78, 5) is 47.3. The quantitative estimate of drug-likeness (QED) is 0.387. The first-order chi connectivity index (χ1) is 15.4. The van der Waals surface area contributed by atoms with Crippen molar-refractivity contribution < 1.29 is 23.9 Å². The number of carbonyl (C=O) groups excluding carboxylic acids is 4. The number of Topliss-reactive ketones (excluding diaryl/α,β-unsaturated/α-hetero) is 1. The van der Waals surface area contributed by atoms with Gasteiger partial charge in [0.15, 0.2) is 12.4 Å². The molecule has 0 atom stereocenters. The van der Waals surface area contributed by atoms with E-state index in [2.05, 4.69) is 10.6 Å². The van der Waals surface area contributed by atoms with E-state index >= 15 is 0 Å². The molecule has 0 aliphatic heterocycles. The molecule has 3 aromatic carbocycles. The second kappa shape index (κ2) is 10.9. The molecule has 0 radical (unpaired) electrons. The van der Waals surface area contributed by atoms with E-state index in [-0.39, 0.29) is 24.5 Å². The van der Waals surface area contributed by atoms with Crippen LogP contribution < -0.4 is 10.6 Å². The van der Waals surface area contributed by atoms with E-state index in [1.54, 1.807) is 30.3 Å². The Hall–Kier alpha value is -4.00. The number of rotatable bonds is 9. The van der Waals surface area contributed by atoms with Gasteiger partial charge in [0.25, 0.3) is 5.91 Å². The fraction of sp³-hybridized carbons (Fsp3) is 0.200. The molecule has 32 heavy (non-hydrogen) atoms. The summed E-state index contributed by atoms with van der Waals surface area (Å²) >= 11 is 0. The number of hydrogen-bond acceptors (Lipinski definition) is 5. The smallest absolute Gasteiger partial charge is 0.306 e. The summed E-state index contributed by atoms with van der Waals surface area (Å²) in [7, 11) is 0. The zero-order chi connectivity index (χ0) is 22.9. The highest BCUT2D eigenvalue weighted by molar-refractivity contribution is 6.02. The van der Waals surface area contributed by atoms with Crippen LogP contribution in [0, 0.1) is 0 Å². The molecule has 3 rings (SSSR count). The van der Waals surface area contributed by atoms with E-state index in [1.807, 2.05) is 36.4 Å². The van der Waals surface area contributed by atoms with Crippen molar-refractivity contribution >= 4 is 45.7 Å². The van der Waals surface area contributed by atoms with Crippen LogP contribution in [0.15, 0.2) is 66.7 Å². The van der Waals surface area contributed by atoms with E-state index in [0.717, 1.165) is 10.8 Å². The molecule has 0 saturated carbocycles. The number of amides is 2. The van der Waals surface area contributed by atoms with Crippen molar-refractivity contribution in [3.05, 3.63) is 72.3 Å². The normalized spacial score (nSPS) is 10.4.